The Balaban J connectivity index is 1.88. The van der Waals surface area contributed by atoms with E-state index >= 15 is 0 Å². The molecule has 2 rings (SSSR count). The lowest BCUT2D eigenvalue weighted by Crippen LogP contribution is -2.50. The number of hydrogen-bond acceptors (Lipinski definition) is 2. The summed E-state index contributed by atoms with van der Waals surface area (Å²) in [7, 11) is 0. The van der Waals surface area contributed by atoms with Gasteiger partial charge in [-0.3, -0.25) is 9.59 Å². The number of piperidine rings is 1. The zero-order valence-electron chi connectivity index (χ0n) is 9.91. The van der Waals surface area contributed by atoms with Crippen LogP contribution in [-0.2, 0) is 16.0 Å². The number of rotatable bonds is 3. The minimum atomic E-state index is -0.390. The first-order valence-corrected chi connectivity index (χ1v) is 6.34. The number of carbonyl (C=O) groups is 2. The fraction of sp³-hybridized carbons (Fsp3) is 0.385. The van der Waals surface area contributed by atoms with Crippen molar-refractivity contribution in [3.8, 4) is 0 Å². The van der Waals surface area contributed by atoms with Gasteiger partial charge in [-0.15, -0.1) is 0 Å². The van der Waals surface area contributed by atoms with Gasteiger partial charge in [-0.05, 0) is 30.5 Å². The molecule has 96 valence electrons. The Morgan fingerprint density at radius 1 is 1.39 bits per heavy atom. The molecule has 0 aromatic heterocycles. The molecule has 1 heterocycles. The van der Waals surface area contributed by atoms with E-state index < -0.39 is 6.04 Å². The summed E-state index contributed by atoms with van der Waals surface area (Å²) in [5.74, 6) is -0.231. The molecule has 1 fully saturated rings. The second-order valence-electron chi connectivity index (χ2n) is 4.36. The van der Waals surface area contributed by atoms with Crippen LogP contribution in [0.2, 0.25) is 5.02 Å². The number of nitrogens with one attached hydrogen (secondary N) is 2. The molecule has 1 aliphatic heterocycles. The van der Waals surface area contributed by atoms with E-state index in [4.69, 9.17) is 11.6 Å². The Bertz CT molecular complexity index is 445. The molecule has 1 saturated heterocycles. The molecule has 18 heavy (non-hydrogen) atoms. The van der Waals surface area contributed by atoms with E-state index in [0.29, 0.717) is 18.0 Å². The summed E-state index contributed by atoms with van der Waals surface area (Å²) in [6.45, 7) is 0.697. The van der Waals surface area contributed by atoms with Gasteiger partial charge in [0.2, 0.25) is 11.8 Å². The zero-order valence-corrected chi connectivity index (χ0v) is 10.7. The molecule has 0 bridgehead atoms. The molecule has 1 aromatic rings. The highest BCUT2D eigenvalue weighted by atomic mass is 35.5. The summed E-state index contributed by atoms with van der Waals surface area (Å²) in [4.78, 5) is 23.3. The van der Waals surface area contributed by atoms with Crippen LogP contribution in [0, 0.1) is 0 Å². The van der Waals surface area contributed by atoms with Gasteiger partial charge < -0.3 is 10.6 Å². The van der Waals surface area contributed by atoms with Gasteiger partial charge in [-0.1, -0.05) is 23.7 Å². The second kappa shape index (κ2) is 5.87. The number of hydrogen-bond donors (Lipinski definition) is 2. The fourth-order valence-corrected chi connectivity index (χ4v) is 2.07. The zero-order chi connectivity index (χ0) is 13.0. The van der Waals surface area contributed by atoms with Crippen molar-refractivity contribution >= 4 is 23.4 Å². The molecule has 0 saturated carbocycles. The van der Waals surface area contributed by atoms with Gasteiger partial charge in [0.05, 0.1) is 6.42 Å². The predicted octanol–water partition coefficient (Wildman–Crippen LogP) is 1.28. The smallest absolute Gasteiger partial charge is 0.242 e. The van der Waals surface area contributed by atoms with E-state index in [0.717, 1.165) is 12.0 Å². The van der Waals surface area contributed by atoms with Crippen LogP contribution in [0.15, 0.2) is 24.3 Å². The monoisotopic (exact) mass is 266 g/mol. The highest BCUT2D eigenvalue weighted by Crippen LogP contribution is 2.10. The van der Waals surface area contributed by atoms with Gasteiger partial charge in [-0.2, -0.15) is 0 Å². The Morgan fingerprint density at radius 2 is 2.11 bits per heavy atom. The fourth-order valence-electron chi connectivity index (χ4n) is 1.94. The van der Waals surface area contributed by atoms with Crippen LogP contribution < -0.4 is 10.6 Å². The second-order valence-corrected chi connectivity index (χ2v) is 4.79. The summed E-state index contributed by atoms with van der Waals surface area (Å²) in [6, 6.07) is 6.72. The molecule has 0 radical (unpaired) electrons. The van der Waals surface area contributed by atoms with Crippen molar-refractivity contribution in [2.45, 2.75) is 25.3 Å². The van der Waals surface area contributed by atoms with Crippen molar-refractivity contribution in [1.29, 1.82) is 0 Å². The largest absolute Gasteiger partial charge is 0.354 e. The topological polar surface area (TPSA) is 58.2 Å². The molecule has 1 unspecified atom stereocenters. The van der Waals surface area contributed by atoms with Crippen LogP contribution in [0.25, 0.3) is 0 Å². The lowest BCUT2D eigenvalue weighted by Gasteiger charge is -2.22. The van der Waals surface area contributed by atoms with E-state index in [2.05, 4.69) is 10.6 Å². The van der Waals surface area contributed by atoms with E-state index in [9.17, 15) is 9.59 Å². The van der Waals surface area contributed by atoms with E-state index in [-0.39, 0.29) is 18.2 Å². The third kappa shape index (κ3) is 3.47. The first kappa shape index (κ1) is 12.9. The number of amides is 2. The van der Waals surface area contributed by atoms with Gasteiger partial charge in [0.1, 0.15) is 6.04 Å². The maximum absolute atomic E-state index is 11.8. The molecular weight excluding hydrogens is 252 g/mol. The Morgan fingerprint density at radius 3 is 2.78 bits per heavy atom. The first-order chi connectivity index (χ1) is 8.65. The average molecular weight is 267 g/mol. The summed E-state index contributed by atoms with van der Waals surface area (Å²) < 4.78 is 0. The van der Waals surface area contributed by atoms with Crippen molar-refractivity contribution in [2.24, 2.45) is 0 Å². The van der Waals surface area contributed by atoms with Crippen LogP contribution in [0.4, 0.5) is 0 Å². The van der Waals surface area contributed by atoms with Crippen molar-refractivity contribution in [2.75, 3.05) is 6.54 Å². The third-order valence-electron chi connectivity index (χ3n) is 2.90. The van der Waals surface area contributed by atoms with Gasteiger partial charge >= 0.3 is 0 Å². The Labute approximate surface area is 111 Å². The minimum absolute atomic E-state index is 0.0919. The molecule has 0 spiro atoms. The van der Waals surface area contributed by atoms with E-state index in [1.807, 2.05) is 12.1 Å². The van der Waals surface area contributed by atoms with E-state index in [1.54, 1.807) is 12.1 Å². The minimum Gasteiger partial charge on any atom is -0.354 e. The van der Waals surface area contributed by atoms with Gasteiger partial charge in [0, 0.05) is 11.6 Å². The molecule has 1 aliphatic rings. The van der Waals surface area contributed by atoms with Crippen LogP contribution in [-0.4, -0.2) is 24.4 Å². The van der Waals surface area contributed by atoms with Gasteiger partial charge in [0.15, 0.2) is 0 Å². The first-order valence-electron chi connectivity index (χ1n) is 5.96. The Kier molecular flexibility index (Phi) is 4.20. The quantitative estimate of drug-likeness (QED) is 0.866. The molecule has 1 aromatic carbocycles. The van der Waals surface area contributed by atoms with Gasteiger partial charge in [0.25, 0.3) is 0 Å². The molecule has 5 heteroatoms. The lowest BCUT2D eigenvalue weighted by molar-refractivity contribution is -0.129. The average Bonchev–Trinajstić information content (AvgIpc) is 2.35. The normalized spacial score (nSPS) is 19.2. The molecule has 0 aliphatic carbocycles. The maximum Gasteiger partial charge on any atom is 0.242 e. The van der Waals surface area contributed by atoms with Crippen molar-refractivity contribution in [1.82, 2.24) is 10.6 Å². The molecule has 2 amide bonds. The summed E-state index contributed by atoms with van der Waals surface area (Å²) >= 11 is 5.77. The number of carbonyl (C=O) groups excluding carboxylic acids is 2. The van der Waals surface area contributed by atoms with Crippen LogP contribution in [0.5, 0.6) is 0 Å². The van der Waals surface area contributed by atoms with Gasteiger partial charge in [-0.25, -0.2) is 0 Å². The van der Waals surface area contributed by atoms with Crippen LogP contribution in [0.3, 0.4) is 0 Å². The molecule has 2 N–H and O–H groups in total. The van der Waals surface area contributed by atoms with Crippen molar-refractivity contribution < 1.29 is 9.59 Å². The predicted molar refractivity (Wildman–Crippen MR) is 69.3 cm³/mol. The summed E-state index contributed by atoms with van der Waals surface area (Å²) in [6.07, 6.45) is 1.87. The molecular formula is C13H15ClN2O2. The number of halogens is 1. The third-order valence-corrected chi connectivity index (χ3v) is 3.15. The van der Waals surface area contributed by atoms with Crippen molar-refractivity contribution in [3.63, 3.8) is 0 Å². The standard InChI is InChI=1S/C13H15ClN2O2/c14-10-5-3-9(4-6-10)8-12(17)16-11-2-1-7-15-13(11)18/h3-6,11H,1-2,7-8H2,(H,15,18)(H,16,17). The Hall–Kier alpha value is -1.55. The van der Waals surface area contributed by atoms with Crippen LogP contribution >= 0.6 is 11.6 Å². The SMILES string of the molecule is O=C(Cc1ccc(Cl)cc1)NC1CCCNC1=O. The van der Waals surface area contributed by atoms with Crippen molar-refractivity contribution in [3.05, 3.63) is 34.9 Å². The summed E-state index contributed by atoms with van der Waals surface area (Å²) in [5.41, 5.74) is 0.883. The maximum atomic E-state index is 11.8. The number of benzene rings is 1. The highest BCUT2D eigenvalue weighted by Gasteiger charge is 2.23. The molecule has 1 atom stereocenters. The van der Waals surface area contributed by atoms with E-state index in [1.165, 1.54) is 0 Å². The molecule has 4 nitrogen and oxygen atoms in total. The van der Waals surface area contributed by atoms with Crippen LogP contribution in [0.1, 0.15) is 18.4 Å². The lowest BCUT2D eigenvalue weighted by atomic mass is 10.1. The highest BCUT2D eigenvalue weighted by molar-refractivity contribution is 6.30. The summed E-state index contributed by atoms with van der Waals surface area (Å²) in [5, 5.41) is 6.13.